The van der Waals surface area contributed by atoms with Gasteiger partial charge in [0.1, 0.15) is 12.2 Å². The molecule has 1 fully saturated rings. The molecule has 0 saturated carbocycles. The van der Waals surface area contributed by atoms with Crippen molar-refractivity contribution in [1.29, 1.82) is 0 Å². The third-order valence-electron chi connectivity index (χ3n) is 3.00. The number of rotatable bonds is 4. The summed E-state index contributed by atoms with van der Waals surface area (Å²) in [6.07, 6.45) is 2.78. The zero-order valence-electron chi connectivity index (χ0n) is 9.33. The van der Waals surface area contributed by atoms with E-state index < -0.39 is 5.97 Å². The minimum Gasteiger partial charge on any atom is -0.481 e. The lowest BCUT2D eigenvalue weighted by molar-refractivity contribution is -0.138. The molecule has 0 aromatic carbocycles. The van der Waals surface area contributed by atoms with Gasteiger partial charge >= 0.3 is 5.97 Å². The summed E-state index contributed by atoms with van der Waals surface area (Å²) in [6, 6.07) is 0. The highest BCUT2D eigenvalue weighted by Gasteiger charge is 2.25. The molecule has 0 spiro atoms. The molecule has 1 saturated heterocycles. The van der Waals surface area contributed by atoms with Gasteiger partial charge in [0, 0.05) is 20.0 Å². The summed E-state index contributed by atoms with van der Waals surface area (Å²) < 4.78 is 1.75. The van der Waals surface area contributed by atoms with Gasteiger partial charge in [-0.05, 0) is 18.9 Å². The molecule has 6 heteroatoms. The maximum Gasteiger partial charge on any atom is 0.303 e. The summed E-state index contributed by atoms with van der Waals surface area (Å²) in [5.41, 5.74) is 0. The van der Waals surface area contributed by atoms with Gasteiger partial charge in [-0.15, -0.1) is 0 Å². The van der Waals surface area contributed by atoms with E-state index in [2.05, 4.69) is 15.0 Å². The van der Waals surface area contributed by atoms with Crippen LogP contribution in [0.5, 0.6) is 0 Å². The lowest BCUT2D eigenvalue weighted by atomic mass is 10.1. The number of carboxylic acid groups (broad SMARTS) is 1. The van der Waals surface area contributed by atoms with E-state index in [-0.39, 0.29) is 12.3 Å². The zero-order valence-corrected chi connectivity index (χ0v) is 9.33. The molecule has 1 aliphatic rings. The van der Waals surface area contributed by atoms with Crippen molar-refractivity contribution < 1.29 is 9.90 Å². The van der Waals surface area contributed by atoms with E-state index in [9.17, 15) is 4.79 Å². The molecule has 0 radical (unpaired) electrons. The molecule has 2 heterocycles. The molecular formula is C10H16N4O2. The van der Waals surface area contributed by atoms with E-state index in [1.54, 1.807) is 11.0 Å². The van der Waals surface area contributed by atoms with Gasteiger partial charge in [-0.2, -0.15) is 5.10 Å². The van der Waals surface area contributed by atoms with E-state index in [4.69, 9.17) is 5.11 Å². The second-order valence-corrected chi connectivity index (χ2v) is 4.29. The first-order valence-corrected chi connectivity index (χ1v) is 5.42. The van der Waals surface area contributed by atoms with Crippen LogP contribution in [0.1, 0.15) is 18.7 Å². The van der Waals surface area contributed by atoms with Crippen molar-refractivity contribution in [2.45, 2.75) is 19.4 Å². The van der Waals surface area contributed by atoms with Crippen molar-refractivity contribution in [1.82, 2.24) is 19.7 Å². The predicted molar refractivity (Wildman–Crippen MR) is 56.6 cm³/mol. The van der Waals surface area contributed by atoms with Crippen LogP contribution in [-0.2, 0) is 18.4 Å². The molecule has 2 rings (SSSR count). The second-order valence-electron chi connectivity index (χ2n) is 4.29. The average Bonchev–Trinajstić information content (AvgIpc) is 2.77. The highest BCUT2D eigenvalue weighted by molar-refractivity contribution is 5.67. The number of nitrogens with zero attached hydrogens (tertiary/aromatic N) is 4. The Kier molecular flexibility index (Phi) is 3.19. The van der Waals surface area contributed by atoms with Crippen LogP contribution >= 0.6 is 0 Å². The molecular weight excluding hydrogens is 208 g/mol. The van der Waals surface area contributed by atoms with Crippen LogP contribution in [0.3, 0.4) is 0 Å². The number of hydrogen-bond acceptors (Lipinski definition) is 4. The maximum absolute atomic E-state index is 10.6. The first-order valence-electron chi connectivity index (χ1n) is 5.42. The Morgan fingerprint density at radius 1 is 1.69 bits per heavy atom. The van der Waals surface area contributed by atoms with Crippen molar-refractivity contribution in [3.05, 3.63) is 12.2 Å². The van der Waals surface area contributed by atoms with Gasteiger partial charge < -0.3 is 5.11 Å². The van der Waals surface area contributed by atoms with Gasteiger partial charge in [0.2, 0.25) is 0 Å². The maximum atomic E-state index is 10.6. The van der Waals surface area contributed by atoms with Gasteiger partial charge in [-0.25, -0.2) is 4.98 Å². The fourth-order valence-electron chi connectivity index (χ4n) is 2.13. The first-order chi connectivity index (χ1) is 7.65. The van der Waals surface area contributed by atoms with Crippen LogP contribution in [0.15, 0.2) is 6.33 Å². The van der Waals surface area contributed by atoms with Gasteiger partial charge in [0.05, 0.1) is 6.54 Å². The van der Waals surface area contributed by atoms with Crippen LogP contribution in [-0.4, -0.2) is 43.8 Å². The molecule has 1 aromatic rings. The topological polar surface area (TPSA) is 71.2 Å². The standard InChI is InChI=1S/C10H16N4O2/c1-13-9(11-7-12-13)6-14-3-2-8(5-14)4-10(15)16/h7-8H,2-6H2,1H3,(H,15,16). The van der Waals surface area contributed by atoms with Gasteiger partial charge in [0.15, 0.2) is 0 Å². The number of carbonyl (C=O) groups is 1. The Morgan fingerprint density at radius 2 is 2.50 bits per heavy atom. The molecule has 0 bridgehead atoms. The minimum atomic E-state index is -0.703. The van der Waals surface area contributed by atoms with Crippen molar-refractivity contribution in [3.63, 3.8) is 0 Å². The van der Waals surface area contributed by atoms with Crippen LogP contribution in [0.4, 0.5) is 0 Å². The lowest BCUT2D eigenvalue weighted by Gasteiger charge is -2.14. The molecule has 1 aliphatic heterocycles. The lowest BCUT2D eigenvalue weighted by Crippen LogP contribution is -2.22. The van der Waals surface area contributed by atoms with Crippen molar-refractivity contribution in [2.75, 3.05) is 13.1 Å². The Labute approximate surface area is 93.9 Å². The van der Waals surface area contributed by atoms with E-state index in [1.807, 2.05) is 7.05 Å². The number of hydrogen-bond donors (Lipinski definition) is 1. The van der Waals surface area contributed by atoms with Crippen LogP contribution in [0, 0.1) is 5.92 Å². The molecule has 1 N–H and O–H groups in total. The van der Waals surface area contributed by atoms with E-state index in [0.717, 1.165) is 31.9 Å². The monoisotopic (exact) mass is 224 g/mol. The minimum absolute atomic E-state index is 0.273. The third-order valence-corrected chi connectivity index (χ3v) is 3.00. The van der Waals surface area contributed by atoms with Gasteiger partial charge in [0.25, 0.3) is 0 Å². The quantitative estimate of drug-likeness (QED) is 0.786. The Balaban J connectivity index is 1.85. The summed E-state index contributed by atoms with van der Waals surface area (Å²) in [5, 5.41) is 12.7. The number of carboxylic acids is 1. The number of aryl methyl sites for hydroxylation is 1. The summed E-state index contributed by atoms with van der Waals surface area (Å²) in [4.78, 5) is 17.0. The van der Waals surface area contributed by atoms with E-state index >= 15 is 0 Å². The van der Waals surface area contributed by atoms with Gasteiger partial charge in [-0.1, -0.05) is 0 Å². The van der Waals surface area contributed by atoms with Crippen LogP contribution < -0.4 is 0 Å². The number of aliphatic carboxylic acids is 1. The summed E-state index contributed by atoms with van der Waals surface area (Å²) in [6.45, 7) is 2.55. The normalized spacial score (nSPS) is 21.4. The summed E-state index contributed by atoms with van der Waals surface area (Å²) >= 11 is 0. The fraction of sp³-hybridized carbons (Fsp3) is 0.700. The van der Waals surface area contributed by atoms with Gasteiger partial charge in [-0.3, -0.25) is 14.4 Å². The van der Waals surface area contributed by atoms with Crippen molar-refractivity contribution >= 4 is 5.97 Å². The predicted octanol–water partition coefficient (Wildman–Crippen LogP) is 0.112. The van der Waals surface area contributed by atoms with Crippen molar-refractivity contribution in [3.8, 4) is 0 Å². The molecule has 1 aromatic heterocycles. The van der Waals surface area contributed by atoms with E-state index in [1.165, 1.54) is 0 Å². The molecule has 1 atom stereocenters. The molecule has 16 heavy (non-hydrogen) atoms. The largest absolute Gasteiger partial charge is 0.481 e. The van der Waals surface area contributed by atoms with Crippen LogP contribution in [0.2, 0.25) is 0 Å². The number of likely N-dealkylation sites (tertiary alicyclic amines) is 1. The van der Waals surface area contributed by atoms with Crippen LogP contribution in [0.25, 0.3) is 0 Å². The molecule has 88 valence electrons. The Morgan fingerprint density at radius 3 is 3.12 bits per heavy atom. The highest BCUT2D eigenvalue weighted by Crippen LogP contribution is 2.20. The SMILES string of the molecule is Cn1ncnc1CN1CCC(CC(=O)O)C1. The van der Waals surface area contributed by atoms with Crippen molar-refractivity contribution in [2.24, 2.45) is 13.0 Å². The zero-order chi connectivity index (χ0) is 11.5. The molecule has 0 aliphatic carbocycles. The third kappa shape index (κ3) is 2.57. The molecule has 0 amide bonds. The Bertz CT molecular complexity index is 377. The molecule has 6 nitrogen and oxygen atoms in total. The highest BCUT2D eigenvalue weighted by atomic mass is 16.4. The fourth-order valence-corrected chi connectivity index (χ4v) is 2.13. The second kappa shape index (κ2) is 4.61. The smallest absolute Gasteiger partial charge is 0.303 e. The van der Waals surface area contributed by atoms with E-state index in [0.29, 0.717) is 0 Å². The Hall–Kier alpha value is -1.43. The number of aromatic nitrogens is 3. The molecule has 1 unspecified atom stereocenters. The first kappa shape index (κ1) is 11.1. The summed E-state index contributed by atoms with van der Waals surface area (Å²) in [5.74, 6) is 0.507. The summed E-state index contributed by atoms with van der Waals surface area (Å²) in [7, 11) is 1.87. The average molecular weight is 224 g/mol.